The van der Waals surface area contributed by atoms with Gasteiger partial charge in [0.05, 0.1) is 0 Å². The van der Waals surface area contributed by atoms with Gasteiger partial charge in [-0.05, 0) is 42.2 Å². The molecule has 1 N–H and O–H groups in total. The van der Waals surface area contributed by atoms with Gasteiger partial charge in [0.15, 0.2) is 11.5 Å². The van der Waals surface area contributed by atoms with Crippen LogP contribution in [0.1, 0.15) is 17.5 Å². The lowest BCUT2D eigenvalue weighted by atomic mass is 10.0. The van der Waals surface area contributed by atoms with Gasteiger partial charge in [-0.2, -0.15) is 5.26 Å². The maximum atomic E-state index is 12.8. The highest BCUT2D eigenvalue weighted by Crippen LogP contribution is 2.32. The minimum atomic E-state index is -0.275. The van der Waals surface area contributed by atoms with Crippen molar-refractivity contribution in [2.75, 3.05) is 18.2 Å². The molecule has 0 aromatic heterocycles. The summed E-state index contributed by atoms with van der Waals surface area (Å²) < 4.78 is 10.7. The van der Waals surface area contributed by atoms with E-state index in [1.54, 1.807) is 4.90 Å². The molecule has 0 bridgehead atoms. The Balaban J connectivity index is 1.46. The molecule has 6 nitrogen and oxygen atoms in total. The Labute approximate surface area is 157 Å². The Hall–Kier alpha value is -3.46. The lowest BCUT2D eigenvalue weighted by Crippen LogP contribution is -2.36. The van der Waals surface area contributed by atoms with E-state index in [-0.39, 0.29) is 18.3 Å². The van der Waals surface area contributed by atoms with Crippen LogP contribution in [0.5, 0.6) is 11.5 Å². The zero-order chi connectivity index (χ0) is 18.6. The third kappa shape index (κ3) is 3.44. The number of rotatable bonds is 4. The van der Waals surface area contributed by atoms with Gasteiger partial charge in [-0.3, -0.25) is 4.79 Å². The fourth-order valence-corrected chi connectivity index (χ4v) is 3.35. The van der Waals surface area contributed by atoms with Gasteiger partial charge in [0.1, 0.15) is 11.6 Å². The third-order valence-corrected chi connectivity index (χ3v) is 4.70. The fraction of sp³-hybridized carbons (Fsp3) is 0.238. The van der Waals surface area contributed by atoms with Crippen LogP contribution in [0.3, 0.4) is 0 Å². The largest absolute Gasteiger partial charge is 0.454 e. The van der Waals surface area contributed by atoms with Crippen molar-refractivity contribution < 1.29 is 14.3 Å². The zero-order valence-electron chi connectivity index (χ0n) is 14.8. The molecule has 2 aromatic carbocycles. The number of anilines is 1. The first-order chi connectivity index (χ1) is 13.3. The Kier molecular flexibility index (Phi) is 4.67. The summed E-state index contributed by atoms with van der Waals surface area (Å²) in [4.78, 5) is 14.5. The van der Waals surface area contributed by atoms with Crippen molar-refractivity contribution in [3.63, 3.8) is 0 Å². The number of fused-ring (bicyclic) bond motifs is 2. The second-order valence-electron chi connectivity index (χ2n) is 6.43. The van der Waals surface area contributed by atoms with Crippen LogP contribution >= 0.6 is 0 Å². The molecule has 27 heavy (non-hydrogen) atoms. The van der Waals surface area contributed by atoms with Gasteiger partial charge in [-0.15, -0.1) is 0 Å². The Morgan fingerprint density at radius 2 is 2.07 bits per heavy atom. The molecule has 2 aliphatic rings. The number of nitrogens with one attached hydrogen (secondary N) is 1. The highest BCUT2D eigenvalue weighted by atomic mass is 16.7. The van der Waals surface area contributed by atoms with E-state index in [2.05, 4.69) is 5.32 Å². The number of amides is 1. The summed E-state index contributed by atoms with van der Waals surface area (Å²) in [5, 5.41) is 12.5. The predicted molar refractivity (Wildman–Crippen MR) is 100 cm³/mol. The van der Waals surface area contributed by atoms with Crippen molar-refractivity contribution in [3.05, 3.63) is 65.4 Å². The molecule has 0 spiro atoms. The molecule has 136 valence electrons. The molecule has 2 heterocycles. The highest BCUT2D eigenvalue weighted by Gasteiger charge is 2.24. The Morgan fingerprint density at radius 1 is 1.22 bits per heavy atom. The molecule has 0 saturated heterocycles. The predicted octanol–water partition coefficient (Wildman–Crippen LogP) is 2.89. The molecule has 0 fully saturated rings. The average molecular weight is 361 g/mol. The van der Waals surface area contributed by atoms with E-state index >= 15 is 0 Å². The van der Waals surface area contributed by atoms with Crippen LogP contribution in [0.4, 0.5) is 5.69 Å². The Bertz CT molecular complexity index is 946. The van der Waals surface area contributed by atoms with Crippen LogP contribution in [0.15, 0.2) is 54.2 Å². The summed E-state index contributed by atoms with van der Waals surface area (Å²) in [5.41, 5.74) is 3.10. The van der Waals surface area contributed by atoms with Gasteiger partial charge in [-0.25, -0.2) is 0 Å². The van der Waals surface area contributed by atoms with E-state index < -0.39 is 0 Å². The number of hydrogen-bond acceptors (Lipinski definition) is 5. The number of hydrogen-bond donors (Lipinski definition) is 1. The molecule has 2 aromatic rings. The van der Waals surface area contributed by atoms with E-state index in [1.165, 1.54) is 6.20 Å². The maximum Gasteiger partial charge on any atom is 0.270 e. The minimum absolute atomic E-state index is 0.0902. The summed E-state index contributed by atoms with van der Waals surface area (Å²) in [6, 6.07) is 15.5. The second-order valence-corrected chi connectivity index (χ2v) is 6.43. The first-order valence-corrected chi connectivity index (χ1v) is 8.88. The number of para-hydroxylation sites is 1. The summed E-state index contributed by atoms with van der Waals surface area (Å²) in [7, 11) is 0. The second kappa shape index (κ2) is 7.42. The van der Waals surface area contributed by atoms with Gasteiger partial charge in [-0.1, -0.05) is 24.3 Å². The molecular formula is C21H19N3O3. The van der Waals surface area contributed by atoms with Gasteiger partial charge in [0, 0.05) is 25.0 Å². The zero-order valence-corrected chi connectivity index (χ0v) is 14.8. The summed E-state index contributed by atoms with van der Waals surface area (Å²) in [5.74, 6) is 1.16. The van der Waals surface area contributed by atoms with Crippen molar-refractivity contribution in [1.82, 2.24) is 5.32 Å². The Morgan fingerprint density at radius 3 is 2.96 bits per heavy atom. The molecule has 2 aliphatic heterocycles. The van der Waals surface area contributed by atoms with Gasteiger partial charge >= 0.3 is 0 Å². The van der Waals surface area contributed by atoms with E-state index in [1.807, 2.05) is 48.5 Å². The van der Waals surface area contributed by atoms with Crippen LogP contribution in [0.25, 0.3) is 0 Å². The number of benzene rings is 2. The van der Waals surface area contributed by atoms with Gasteiger partial charge in [0.25, 0.3) is 5.91 Å². The third-order valence-electron chi connectivity index (χ3n) is 4.70. The topological polar surface area (TPSA) is 74.6 Å². The van der Waals surface area contributed by atoms with Crippen LogP contribution in [-0.4, -0.2) is 19.2 Å². The average Bonchev–Trinajstić information content (AvgIpc) is 3.18. The van der Waals surface area contributed by atoms with Crippen molar-refractivity contribution >= 4 is 11.6 Å². The quantitative estimate of drug-likeness (QED) is 0.669. The van der Waals surface area contributed by atoms with E-state index in [9.17, 15) is 10.1 Å². The van der Waals surface area contributed by atoms with Gasteiger partial charge in [0.2, 0.25) is 6.79 Å². The smallest absolute Gasteiger partial charge is 0.270 e. The molecule has 1 amide bonds. The molecule has 4 rings (SSSR count). The standard InChI is InChI=1S/C21H19N3O3/c22-11-17(13-23-12-15-7-8-19-20(10-15)27-14-26-19)21(25)24-9-3-5-16-4-1-2-6-18(16)24/h1-2,4,6-8,10,13,23H,3,5,9,12,14H2/b17-13-. The first-order valence-electron chi connectivity index (χ1n) is 8.88. The SMILES string of the molecule is N#C/C(=C/NCc1ccc2c(c1)OCO2)C(=O)N1CCCc2ccccc21. The number of nitriles is 1. The van der Waals surface area contributed by atoms with Crippen molar-refractivity contribution in [1.29, 1.82) is 5.26 Å². The van der Waals surface area contributed by atoms with Crippen LogP contribution in [-0.2, 0) is 17.8 Å². The molecule has 0 saturated carbocycles. The number of carbonyl (C=O) groups is 1. The highest BCUT2D eigenvalue weighted by molar-refractivity contribution is 6.08. The molecular weight excluding hydrogens is 342 g/mol. The van der Waals surface area contributed by atoms with Crippen molar-refractivity contribution in [2.24, 2.45) is 0 Å². The van der Waals surface area contributed by atoms with Gasteiger partial charge < -0.3 is 19.7 Å². The molecule has 0 radical (unpaired) electrons. The number of aryl methyl sites for hydroxylation is 1. The van der Waals surface area contributed by atoms with E-state index in [4.69, 9.17) is 9.47 Å². The number of ether oxygens (including phenoxy) is 2. The normalized spacial score (nSPS) is 15.1. The summed E-state index contributed by atoms with van der Waals surface area (Å²) in [6.45, 7) is 1.33. The summed E-state index contributed by atoms with van der Waals surface area (Å²) in [6.07, 6.45) is 3.34. The molecule has 0 aliphatic carbocycles. The van der Waals surface area contributed by atoms with Crippen LogP contribution in [0.2, 0.25) is 0 Å². The van der Waals surface area contributed by atoms with Crippen molar-refractivity contribution in [2.45, 2.75) is 19.4 Å². The maximum absolute atomic E-state index is 12.8. The first kappa shape index (κ1) is 17.0. The number of nitrogens with zero attached hydrogens (tertiary/aromatic N) is 2. The van der Waals surface area contributed by atoms with Crippen LogP contribution < -0.4 is 19.7 Å². The molecule has 0 atom stereocenters. The number of carbonyl (C=O) groups excluding carboxylic acids is 1. The minimum Gasteiger partial charge on any atom is -0.454 e. The monoisotopic (exact) mass is 361 g/mol. The van der Waals surface area contributed by atoms with E-state index in [0.717, 1.165) is 35.4 Å². The van der Waals surface area contributed by atoms with Crippen LogP contribution in [0, 0.1) is 11.3 Å². The summed E-state index contributed by atoms with van der Waals surface area (Å²) >= 11 is 0. The van der Waals surface area contributed by atoms with Crippen molar-refractivity contribution in [3.8, 4) is 17.6 Å². The lowest BCUT2D eigenvalue weighted by Gasteiger charge is -2.29. The molecule has 6 heteroatoms. The van der Waals surface area contributed by atoms with E-state index in [0.29, 0.717) is 18.8 Å². The lowest BCUT2D eigenvalue weighted by molar-refractivity contribution is -0.114. The molecule has 0 unspecified atom stereocenters. The fourth-order valence-electron chi connectivity index (χ4n) is 3.35.